The van der Waals surface area contributed by atoms with Gasteiger partial charge >= 0.3 is 0 Å². The van der Waals surface area contributed by atoms with E-state index in [-0.39, 0.29) is 5.41 Å². The van der Waals surface area contributed by atoms with Crippen molar-refractivity contribution in [3.8, 4) is 0 Å². The van der Waals surface area contributed by atoms with Gasteiger partial charge in [0.25, 0.3) is 0 Å². The number of nitrogens with one attached hydrogen (secondary N) is 1. The Morgan fingerprint density at radius 3 is 3.08 bits per heavy atom. The van der Waals surface area contributed by atoms with Gasteiger partial charge in [-0.1, -0.05) is 31.2 Å². The Labute approximate surface area is 77.6 Å². The summed E-state index contributed by atoms with van der Waals surface area (Å²) < 4.78 is 0. The predicted molar refractivity (Wildman–Crippen MR) is 51.1 cm³/mol. The lowest BCUT2D eigenvalue weighted by molar-refractivity contribution is 0.422. The van der Waals surface area contributed by atoms with E-state index < -0.39 is 0 Å². The topological polar surface area (TPSA) is 41.6 Å². The standard InChI is InChI=1S/C10H13N3/c1-10(5-3-2-4-6-10)7-9-8-11-13-12-9/h2-5,8H,6-7H2,1H3,(H,11,12,13). The van der Waals surface area contributed by atoms with E-state index >= 15 is 0 Å². The second kappa shape index (κ2) is 3.17. The summed E-state index contributed by atoms with van der Waals surface area (Å²) >= 11 is 0. The molecule has 3 nitrogen and oxygen atoms in total. The first-order chi connectivity index (χ1) is 6.29. The van der Waals surface area contributed by atoms with Crippen LogP contribution in [0.15, 0.2) is 30.5 Å². The van der Waals surface area contributed by atoms with Crippen LogP contribution in [0.25, 0.3) is 0 Å². The number of aromatic nitrogens is 3. The molecule has 1 unspecified atom stereocenters. The van der Waals surface area contributed by atoms with Crippen LogP contribution in [0, 0.1) is 5.41 Å². The second-order valence-corrected chi connectivity index (χ2v) is 3.78. The van der Waals surface area contributed by atoms with Gasteiger partial charge in [0.05, 0.1) is 11.9 Å². The molecule has 3 heteroatoms. The molecule has 0 aliphatic heterocycles. The van der Waals surface area contributed by atoms with Crippen molar-refractivity contribution >= 4 is 0 Å². The van der Waals surface area contributed by atoms with Gasteiger partial charge in [0, 0.05) is 6.42 Å². The van der Waals surface area contributed by atoms with E-state index in [9.17, 15) is 0 Å². The predicted octanol–water partition coefficient (Wildman–Crippen LogP) is 1.87. The molecule has 0 saturated heterocycles. The maximum absolute atomic E-state index is 4.06. The van der Waals surface area contributed by atoms with E-state index in [4.69, 9.17) is 0 Å². The minimum absolute atomic E-state index is 0.214. The lowest BCUT2D eigenvalue weighted by Gasteiger charge is -2.24. The zero-order valence-electron chi connectivity index (χ0n) is 7.70. The van der Waals surface area contributed by atoms with Crippen molar-refractivity contribution < 1.29 is 0 Å². The first kappa shape index (κ1) is 8.23. The molecule has 68 valence electrons. The van der Waals surface area contributed by atoms with Crippen LogP contribution in [0.3, 0.4) is 0 Å². The van der Waals surface area contributed by atoms with Crippen molar-refractivity contribution in [1.29, 1.82) is 0 Å². The SMILES string of the molecule is CC1(Cc2cn[nH]n2)C=CC=CC1. The first-order valence-corrected chi connectivity index (χ1v) is 4.48. The average molecular weight is 175 g/mol. The molecule has 2 rings (SSSR count). The van der Waals surface area contributed by atoms with E-state index in [1.54, 1.807) is 6.20 Å². The third-order valence-corrected chi connectivity index (χ3v) is 2.38. The molecule has 1 heterocycles. The molecule has 0 saturated carbocycles. The Bertz CT molecular complexity index is 324. The normalized spacial score (nSPS) is 26.5. The summed E-state index contributed by atoms with van der Waals surface area (Å²) in [6.45, 7) is 2.24. The highest BCUT2D eigenvalue weighted by Gasteiger charge is 2.22. The maximum atomic E-state index is 4.06. The fourth-order valence-electron chi connectivity index (χ4n) is 1.63. The van der Waals surface area contributed by atoms with E-state index in [1.165, 1.54) is 0 Å². The molecule has 1 atom stereocenters. The quantitative estimate of drug-likeness (QED) is 0.745. The Balaban J connectivity index is 2.09. The number of hydrogen-bond acceptors (Lipinski definition) is 2. The van der Waals surface area contributed by atoms with Crippen molar-refractivity contribution in [3.63, 3.8) is 0 Å². The molecule has 1 N–H and O–H groups in total. The Morgan fingerprint density at radius 1 is 1.54 bits per heavy atom. The average Bonchev–Trinajstić information content (AvgIpc) is 2.57. The molecule has 0 bridgehead atoms. The minimum atomic E-state index is 0.214. The van der Waals surface area contributed by atoms with Gasteiger partial charge in [-0.2, -0.15) is 15.4 Å². The number of hydrogen-bond donors (Lipinski definition) is 1. The second-order valence-electron chi connectivity index (χ2n) is 3.78. The van der Waals surface area contributed by atoms with Gasteiger partial charge in [-0.15, -0.1) is 0 Å². The summed E-state index contributed by atoms with van der Waals surface area (Å²) in [6.07, 6.45) is 12.4. The fourth-order valence-corrected chi connectivity index (χ4v) is 1.63. The number of allylic oxidation sites excluding steroid dienone is 4. The summed E-state index contributed by atoms with van der Waals surface area (Å²) in [4.78, 5) is 0. The summed E-state index contributed by atoms with van der Waals surface area (Å²) in [5, 5.41) is 10.5. The van der Waals surface area contributed by atoms with Crippen LogP contribution >= 0.6 is 0 Å². The van der Waals surface area contributed by atoms with Gasteiger partial charge in [-0.25, -0.2) is 0 Å². The molecule has 13 heavy (non-hydrogen) atoms. The largest absolute Gasteiger partial charge is 0.198 e. The molecule has 1 aliphatic carbocycles. The van der Waals surface area contributed by atoms with E-state index in [0.29, 0.717) is 0 Å². The van der Waals surface area contributed by atoms with Gasteiger partial charge in [-0.05, 0) is 11.8 Å². The summed E-state index contributed by atoms with van der Waals surface area (Å²) in [5.74, 6) is 0. The molecule has 1 aliphatic rings. The first-order valence-electron chi connectivity index (χ1n) is 4.48. The molecule has 1 aromatic rings. The number of H-pyrrole nitrogens is 1. The lowest BCUT2D eigenvalue weighted by atomic mass is 9.80. The molecule has 0 aromatic carbocycles. The Morgan fingerprint density at radius 2 is 2.46 bits per heavy atom. The summed E-state index contributed by atoms with van der Waals surface area (Å²) in [5.41, 5.74) is 1.24. The maximum Gasteiger partial charge on any atom is 0.0833 e. The van der Waals surface area contributed by atoms with Crippen molar-refractivity contribution in [2.45, 2.75) is 19.8 Å². The fraction of sp³-hybridized carbons (Fsp3) is 0.400. The van der Waals surface area contributed by atoms with E-state index in [1.807, 2.05) is 0 Å². The monoisotopic (exact) mass is 175 g/mol. The van der Waals surface area contributed by atoms with Gasteiger partial charge < -0.3 is 0 Å². The number of aromatic amines is 1. The lowest BCUT2D eigenvalue weighted by Crippen LogP contribution is -2.17. The van der Waals surface area contributed by atoms with Crippen LogP contribution in [0.2, 0.25) is 0 Å². The minimum Gasteiger partial charge on any atom is -0.198 e. The van der Waals surface area contributed by atoms with Crippen LogP contribution < -0.4 is 0 Å². The molecule has 0 radical (unpaired) electrons. The van der Waals surface area contributed by atoms with E-state index in [2.05, 4.69) is 46.6 Å². The Hall–Kier alpha value is -1.38. The number of nitrogens with zero attached hydrogens (tertiary/aromatic N) is 2. The molecular formula is C10H13N3. The third kappa shape index (κ3) is 1.86. The molecule has 0 spiro atoms. The smallest absolute Gasteiger partial charge is 0.0833 e. The molecule has 0 amide bonds. The molecular weight excluding hydrogens is 162 g/mol. The van der Waals surface area contributed by atoms with Crippen molar-refractivity contribution in [1.82, 2.24) is 15.4 Å². The van der Waals surface area contributed by atoms with Gasteiger partial charge in [0.15, 0.2) is 0 Å². The third-order valence-electron chi connectivity index (χ3n) is 2.38. The highest BCUT2D eigenvalue weighted by molar-refractivity contribution is 5.17. The van der Waals surface area contributed by atoms with Gasteiger partial charge in [-0.3, -0.25) is 0 Å². The van der Waals surface area contributed by atoms with Crippen molar-refractivity contribution in [2.75, 3.05) is 0 Å². The highest BCUT2D eigenvalue weighted by atomic mass is 15.3. The number of rotatable bonds is 2. The van der Waals surface area contributed by atoms with Crippen molar-refractivity contribution in [2.24, 2.45) is 5.41 Å². The zero-order valence-corrected chi connectivity index (χ0v) is 7.70. The summed E-state index contributed by atoms with van der Waals surface area (Å²) in [6, 6.07) is 0. The zero-order chi connectivity index (χ0) is 9.15. The van der Waals surface area contributed by atoms with Crippen LogP contribution in [-0.4, -0.2) is 15.4 Å². The van der Waals surface area contributed by atoms with Gasteiger partial charge in [0.2, 0.25) is 0 Å². The van der Waals surface area contributed by atoms with E-state index in [0.717, 1.165) is 18.5 Å². The summed E-state index contributed by atoms with van der Waals surface area (Å²) in [7, 11) is 0. The van der Waals surface area contributed by atoms with Crippen molar-refractivity contribution in [3.05, 3.63) is 36.2 Å². The van der Waals surface area contributed by atoms with Gasteiger partial charge in [0.1, 0.15) is 0 Å². The Kier molecular flexibility index (Phi) is 2.00. The van der Waals surface area contributed by atoms with Crippen LogP contribution in [0.4, 0.5) is 0 Å². The molecule has 1 aromatic heterocycles. The molecule has 0 fully saturated rings. The van der Waals surface area contributed by atoms with Crippen LogP contribution in [0.1, 0.15) is 19.0 Å². The highest BCUT2D eigenvalue weighted by Crippen LogP contribution is 2.30. The van der Waals surface area contributed by atoms with Crippen LogP contribution in [-0.2, 0) is 6.42 Å². The van der Waals surface area contributed by atoms with Crippen LogP contribution in [0.5, 0.6) is 0 Å².